The summed E-state index contributed by atoms with van der Waals surface area (Å²) in [5.41, 5.74) is 2.01. The first kappa shape index (κ1) is 15.9. The first-order chi connectivity index (χ1) is 11.7. The van der Waals surface area contributed by atoms with E-state index in [2.05, 4.69) is 16.2 Å². The van der Waals surface area contributed by atoms with Crippen LogP contribution in [0, 0.1) is 12.3 Å². The van der Waals surface area contributed by atoms with Crippen LogP contribution >= 0.6 is 11.6 Å². The van der Waals surface area contributed by atoms with E-state index in [4.69, 9.17) is 18.0 Å². The highest BCUT2D eigenvalue weighted by Gasteiger charge is 2.10. The third kappa shape index (κ3) is 3.48. The molecule has 3 aromatic rings. The van der Waals surface area contributed by atoms with Gasteiger partial charge in [-0.15, -0.1) is 6.42 Å². The van der Waals surface area contributed by atoms with Crippen LogP contribution in [0.2, 0.25) is 5.15 Å². The van der Waals surface area contributed by atoms with Gasteiger partial charge in [-0.3, -0.25) is 4.79 Å². The number of hydrogen-bond donors (Lipinski definition) is 1. The quantitative estimate of drug-likeness (QED) is 0.740. The fourth-order valence-electron chi connectivity index (χ4n) is 2.33. The summed E-state index contributed by atoms with van der Waals surface area (Å²) in [4.78, 5) is 16.8. The molecule has 0 bridgehead atoms. The highest BCUT2D eigenvalue weighted by atomic mass is 35.5. The van der Waals surface area contributed by atoms with Gasteiger partial charge >= 0.3 is 0 Å². The molecular formula is C19H14ClN3O. The van der Waals surface area contributed by atoms with Crippen LogP contribution in [0.25, 0.3) is 0 Å². The van der Waals surface area contributed by atoms with E-state index in [1.54, 1.807) is 12.1 Å². The van der Waals surface area contributed by atoms with Crippen molar-refractivity contribution in [3.8, 4) is 12.3 Å². The first-order valence-corrected chi connectivity index (χ1v) is 7.69. The minimum Gasteiger partial charge on any atom is -0.335 e. The van der Waals surface area contributed by atoms with Crippen LogP contribution in [0.5, 0.6) is 0 Å². The molecule has 3 rings (SSSR count). The standard InChI is InChI=1S/C19H14ClN3O/c1-2-15-10-6-7-11-16(15)21-18-19(24)23(13-17(20)22-18)12-14-8-4-3-5-9-14/h1,3-11,13H,12H2,(H,21,22). The molecule has 1 N–H and O–H groups in total. The Balaban J connectivity index is 1.98. The van der Waals surface area contributed by atoms with E-state index in [1.807, 2.05) is 42.5 Å². The summed E-state index contributed by atoms with van der Waals surface area (Å²) in [6.45, 7) is 0.410. The zero-order valence-corrected chi connectivity index (χ0v) is 13.5. The highest BCUT2D eigenvalue weighted by molar-refractivity contribution is 6.29. The molecule has 0 aliphatic carbocycles. The molecule has 24 heavy (non-hydrogen) atoms. The van der Waals surface area contributed by atoms with E-state index in [1.165, 1.54) is 10.8 Å². The molecular weight excluding hydrogens is 322 g/mol. The van der Waals surface area contributed by atoms with Crippen LogP contribution in [0.1, 0.15) is 11.1 Å². The molecule has 1 aromatic heterocycles. The van der Waals surface area contributed by atoms with Gasteiger partial charge in [0.05, 0.1) is 12.2 Å². The topological polar surface area (TPSA) is 46.9 Å². The summed E-state index contributed by atoms with van der Waals surface area (Å²) < 4.78 is 1.52. The van der Waals surface area contributed by atoms with Crippen LogP contribution in [-0.2, 0) is 6.54 Å². The van der Waals surface area contributed by atoms with Gasteiger partial charge in [-0.2, -0.15) is 0 Å². The largest absolute Gasteiger partial charge is 0.335 e. The monoisotopic (exact) mass is 335 g/mol. The van der Waals surface area contributed by atoms with Crippen LogP contribution in [0.3, 0.4) is 0 Å². The molecule has 0 aliphatic rings. The minimum atomic E-state index is -0.268. The smallest absolute Gasteiger partial charge is 0.294 e. The predicted molar refractivity (Wildman–Crippen MR) is 96.7 cm³/mol. The van der Waals surface area contributed by atoms with Crippen LogP contribution in [-0.4, -0.2) is 9.55 Å². The summed E-state index contributed by atoms with van der Waals surface area (Å²) in [5, 5.41) is 3.22. The third-order valence-electron chi connectivity index (χ3n) is 3.48. The van der Waals surface area contributed by atoms with Crippen LogP contribution < -0.4 is 10.9 Å². The maximum atomic E-state index is 12.7. The average Bonchev–Trinajstić information content (AvgIpc) is 2.60. The molecule has 1 heterocycles. The van der Waals surface area contributed by atoms with Gasteiger partial charge in [0.2, 0.25) is 0 Å². The van der Waals surface area contributed by atoms with Gasteiger partial charge < -0.3 is 9.88 Å². The van der Waals surface area contributed by atoms with Crippen molar-refractivity contribution in [1.82, 2.24) is 9.55 Å². The van der Waals surface area contributed by atoms with Crippen molar-refractivity contribution < 1.29 is 0 Å². The van der Waals surface area contributed by atoms with Crippen molar-refractivity contribution in [3.63, 3.8) is 0 Å². The summed E-state index contributed by atoms with van der Waals surface area (Å²) in [7, 11) is 0. The van der Waals surface area contributed by atoms with Gasteiger partial charge in [0.1, 0.15) is 5.15 Å². The molecule has 0 saturated heterocycles. The molecule has 0 amide bonds. The highest BCUT2D eigenvalue weighted by Crippen LogP contribution is 2.18. The number of rotatable bonds is 4. The molecule has 0 radical (unpaired) electrons. The number of halogens is 1. The Hall–Kier alpha value is -3.03. The second kappa shape index (κ2) is 7.03. The van der Waals surface area contributed by atoms with Gasteiger partial charge in [-0.05, 0) is 17.7 Å². The van der Waals surface area contributed by atoms with Gasteiger partial charge in [0.25, 0.3) is 5.56 Å². The molecule has 0 spiro atoms. The molecule has 0 atom stereocenters. The Kier molecular flexibility index (Phi) is 4.64. The second-order valence-electron chi connectivity index (χ2n) is 5.15. The zero-order chi connectivity index (χ0) is 16.9. The molecule has 0 saturated carbocycles. The molecule has 4 nitrogen and oxygen atoms in total. The summed E-state index contributed by atoms with van der Waals surface area (Å²) >= 11 is 6.08. The van der Waals surface area contributed by atoms with E-state index in [0.717, 1.165) is 5.56 Å². The first-order valence-electron chi connectivity index (χ1n) is 7.31. The molecule has 2 aromatic carbocycles. The van der Waals surface area contributed by atoms with Crippen molar-refractivity contribution in [2.75, 3.05) is 5.32 Å². The van der Waals surface area contributed by atoms with Crippen molar-refractivity contribution in [1.29, 1.82) is 0 Å². The molecule has 0 fully saturated rings. The van der Waals surface area contributed by atoms with Crippen molar-refractivity contribution in [2.24, 2.45) is 0 Å². The number of hydrogen-bond acceptors (Lipinski definition) is 3. The summed E-state index contributed by atoms with van der Waals surface area (Å²) in [5.74, 6) is 2.71. The lowest BCUT2D eigenvalue weighted by molar-refractivity contribution is 0.752. The maximum Gasteiger partial charge on any atom is 0.294 e. The van der Waals surface area contributed by atoms with Crippen molar-refractivity contribution in [2.45, 2.75) is 6.54 Å². The van der Waals surface area contributed by atoms with Gasteiger partial charge in [0.15, 0.2) is 5.82 Å². The Morgan fingerprint density at radius 3 is 2.58 bits per heavy atom. The van der Waals surface area contributed by atoms with E-state index in [9.17, 15) is 4.79 Å². The number of nitrogens with zero attached hydrogens (tertiary/aromatic N) is 2. The SMILES string of the molecule is C#Cc1ccccc1Nc1nc(Cl)cn(Cc2ccccc2)c1=O. The zero-order valence-electron chi connectivity index (χ0n) is 12.7. The predicted octanol–water partition coefficient (Wildman–Crippen LogP) is 3.67. The fraction of sp³-hybridized carbons (Fsp3) is 0.0526. The molecule has 5 heteroatoms. The number of benzene rings is 2. The second-order valence-corrected chi connectivity index (χ2v) is 5.53. The molecule has 118 valence electrons. The third-order valence-corrected chi connectivity index (χ3v) is 3.66. The lowest BCUT2D eigenvalue weighted by atomic mass is 10.2. The van der Waals surface area contributed by atoms with Gasteiger partial charge in [-0.25, -0.2) is 4.98 Å². The number of terminal acetylenes is 1. The van der Waals surface area contributed by atoms with Gasteiger partial charge in [0, 0.05) is 11.8 Å². The summed E-state index contributed by atoms with van der Waals surface area (Å²) in [6.07, 6.45) is 7.01. The normalized spacial score (nSPS) is 10.2. The lowest BCUT2D eigenvalue weighted by Crippen LogP contribution is -2.24. The fourth-order valence-corrected chi connectivity index (χ4v) is 2.53. The average molecular weight is 336 g/mol. The van der Waals surface area contributed by atoms with Gasteiger partial charge in [-0.1, -0.05) is 60.0 Å². The Morgan fingerprint density at radius 1 is 1.12 bits per heavy atom. The number of para-hydroxylation sites is 1. The Morgan fingerprint density at radius 2 is 1.83 bits per heavy atom. The van der Waals surface area contributed by atoms with Crippen LogP contribution in [0.15, 0.2) is 65.6 Å². The van der Waals surface area contributed by atoms with Crippen molar-refractivity contribution in [3.05, 3.63) is 87.4 Å². The Bertz CT molecular complexity index is 958. The number of nitrogens with one attached hydrogen (secondary N) is 1. The Labute approximate surface area is 144 Å². The van der Waals surface area contributed by atoms with E-state index >= 15 is 0 Å². The van der Waals surface area contributed by atoms with E-state index in [0.29, 0.717) is 17.8 Å². The van der Waals surface area contributed by atoms with Crippen LogP contribution in [0.4, 0.5) is 11.5 Å². The molecule has 0 unspecified atom stereocenters. The van der Waals surface area contributed by atoms with E-state index < -0.39 is 0 Å². The minimum absolute atomic E-state index is 0.140. The number of aromatic nitrogens is 2. The maximum absolute atomic E-state index is 12.7. The summed E-state index contributed by atoms with van der Waals surface area (Å²) in [6, 6.07) is 16.9. The van der Waals surface area contributed by atoms with E-state index in [-0.39, 0.29) is 16.5 Å². The van der Waals surface area contributed by atoms with Crippen molar-refractivity contribution >= 4 is 23.1 Å². The molecule has 0 aliphatic heterocycles. The lowest BCUT2D eigenvalue weighted by Gasteiger charge is -2.11. The number of anilines is 2.